The van der Waals surface area contributed by atoms with E-state index < -0.39 is 0 Å². The van der Waals surface area contributed by atoms with Gasteiger partial charge in [-0.3, -0.25) is 10.1 Å². The second-order valence-electron chi connectivity index (χ2n) is 4.77. The van der Waals surface area contributed by atoms with Crippen molar-refractivity contribution in [1.82, 2.24) is 4.98 Å². The standard InChI is InChI=1S/C15H8Cl2N2O2S2/c16-11-5-8(13(17)23-11)14(20)19-15-18-12-7-3-1-2-4-9(7)21-6-10(12)22-15/h1-5H,6H2,(H,18,19,20). The van der Waals surface area contributed by atoms with Gasteiger partial charge in [0.15, 0.2) is 5.13 Å². The van der Waals surface area contributed by atoms with Gasteiger partial charge in [-0.2, -0.15) is 0 Å². The minimum atomic E-state index is -0.321. The van der Waals surface area contributed by atoms with E-state index in [1.54, 1.807) is 6.07 Å². The summed E-state index contributed by atoms with van der Waals surface area (Å²) in [7, 11) is 0. The predicted octanol–water partition coefficient (Wildman–Crippen LogP) is 5.32. The van der Waals surface area contributed by atoms with Crippen LogP contribution in [0.2, 0.25) is 8.67 Å². The van der Waals surface area contributed by atoms with Gasteiger partial charge in [0.25, 0.3) is 5.91 Å². The van der Waals surface area contributed by atoms with Crippen LogP contribution in [0, 0.1) is 0 Å². The number of para-hydroxylation sites is 1. The molecule has 0 saturated heterocycles. The van der Waals surface area contributed by atoms with Crippen molar-refractivity contribution in [2.45, 2.75) is 6.61 Å². The van der Waals surface area contributed by atoms with Crippen molar-refractivity contribution in [3.05, 3.63) is 49.4 Å². The van der Waals surface area contributed by atoms with E-state index >= 15 is 0 Å². The fourth-order valence-electron chi connectivity index (χ4n) is 2.30. The van der Waals surface area contributed by atoms with Crippen LogP contribution in [-0.4, -0.2) is 10.9 Å². The summed E-state index contributed by atoms with van der Waals surface area (Å²) < 4.78 is 6.53. The molecule has 0 radical (unpaired) electrons. The van der Waals surface area contributed by atoms with Crippen LogP contribution in [0.5, 0.6) is 5.75 Å². The van der Waals surface area contributed by atoms with Gasteiger partial charge in [-0.05, 0) is 18.2 Å². The van der Waals surface area contributed by atoms with Crippen molar-refractivity contribution in [2.75, 3.05) is 5.32 Å². The van der Waals surface area contributed by atoms with Crippen molar-refractivity contribution in [3.63, 3.8) is 0 Å². The molecule has 2 aromatic heterocycles. The average molecular weight is 383 g/mol. The number of hydrogen-bond donors (Lipinski definition) is 1. The van der Waals surface area contributed by atoms with Gasteiger partial charge in [0.1, 0.15) is 16.7 Å². The number of carbonyl (C=O) groups is 1. The Morgan fingerprint density at radius 3 is 2.87 bits per heavy atom. The maximum Gasteiger partial charge on any atom is 0.259 e. The third kappa shape index (κ3) is 2.72. The lowest BCUT2D eigenvalue weighted by Gasteiger charge is -2.15. The zero-order chi connectivity index (χ0) is 16.0. The van der Waals surface area contributed by atoms with E-state index in [1.807, 2.05) is 24.3 Å². The van der Waals surface area contributed by atoms with E-state index in [1.165, 1.54) is 11.3 Å². The number of rotatable bonds is 2. The number of amides is 1. The summed E-state index contributed by atoms with van der Waals surface area (Å²) in [5.74, 6) is 0.481. The van der Waals surface area contributed by atoms with Gasteiger partial charge in [-0.15, -0.1) is 11.3 Å². The molecule has 0 unspecified atom stereocenters. The minimum absolute atomic E-state index is 0.321. The highest BCUT2D eigenvalue weighted by Gasteiger charge is 2.23. The summed E-state index contributed by atoms with van der Waals surface area (Å²) in [6.45, 7) is 0.449. The molecule has 1 aromatic carbocycles. The fraction of sp³-hybridized carbons (Fsp3) is 0.0667. The first kappa shape index (κ1) is 15.0. The molecule has 0 atom stereocenters. The topological polar surface area (TPSA) is 51.2 Å². The quantitative estimate of drug-likeness (QED) is 0.651. The molecule has 1 N–H and O–H groups in total. The van der Waals surface area contributed by atoms with E-state index in [4.69, 9.17) is 27.9 Å². The van der Waals surface area contributed by atoms with E-state index in [2.05, 4.69) is 10.3 Å². The highest BCUT2D eigenvalue weighted by Crippen LogP contribution is 2.41. The second-order valence-corrected chi connectivity index (χ2v) is 8.14. The number of hydrogen-bond acceptors (Lipinski definition) is 5. The van der Waals surface area contributed by atoms with E-state index in [0.29, 0.717) is 26.0 Å². The maximum absolute atomic E-state index is 12.3. The van der Waals surface area contributed by atoms with Crippen LogP contribution in [0.4, 0.5) is 5.13 Å². The highest BCUT2D eigenvalue weighted by molar-refractivity contribution is 7.20. The lowest BCUT2D eigenvalue weighted by atomic mass is 10.1. The third-order valence-corrected chi connectivity index (χ3v) is 5.75. The van der Waals surface area contributed by atoms with Gasteiger partial charge in [-0.1, -0.05) is 46.7 Å². The van der Waals surface area contributed by atoms with E-state index in [9.17, 15) is 4.79 Å². The molecule has 0 fully saturated rings. The molecule has 23 heavy (non-hydrogen) atoms. The van der Waals surface area contributed by atoms with Gasteiger partial charge in [0.05, 0.1) is 20.5 Å². The highest BCUT2D eigenvalue weighted by atomic mass is 35.5. The molecule has 0 aliphatic carbocycles. The van der Waals surface area contributed by atoms with Gasteiger partial charge in [-0.25, -0.2) is 4.98 Å². The number of aromatic nitrogens is 1. The number of halogens is 2. The van der Waals surface area contributed by atoms with E-state index in [0.717, 1.165) is 33.2 Å². The molecule has 116 valence electrons. The summed E-state index contributed by atoms with van der Waals surface area (Å²) in [6, 6.07) is 9.26. The minimum Gasteiger partial charge on any atom is -0.487 e. The van der Waals surface area contributed by atoms with Crippen LogP contribution in [0.25, 0.3) is 11.3 Å². The zero-order valence-electron chi connectivity index (χ0n) is 11.4. The number of carbonyl (C=O) groups excluding carboxylic acids is 1. The number of benzene rings is 1. The summed E-state index contributed by atoms with van der Waals surface area (Å²) in [5, 5.41) is 3.29. The Bertz CT molecular complexity index is 920. The van der Waals surface area contributed by atoms with Crippen molar-refractivity contribution >= 4 is 56.9 Å². The maximum atomic E-state index is 12.3. The second kappa shape index (κ2) is 5.79. The van der Waals surface area contributed by atoms with E-state index in [-0.39, 0.29) is 5.91 Å². The molecular weight excluding hydrogens is 375 g/mol. The van der Waals surface area contributed by atoms with Crippen LogP contribution in [0.15, 0.2) is 30.3 Å². The van der Waals surface area contributed by atoms with Gasteiger partial charge in [0.2, 0.25) is 0 Å². The average Bonchev–Trinajstić information content (AvgIpc) is 3.09. The Labute approximate surface area is 149 Å². The fourth-order valence-corrected chi connectivity index (χ4v) is 4.65. The Balaban J connectivity index is 1.64. The molecule has 8 heteroatoms. The largest absolute Gasteiger partial charge is 0.487 e. The first-order valence-corrected chi connectivity index (χ1v) is 8.99. The van der Waals surface area contributed by atoms with Crippen LogP contribution in [0.3, 0.4) is 0 Å². The van der Waals surface area contributed by atoms with Gasteiger partial charge >= 0.3 is 0 Å². The molecule has 0 spiro atoms. The molecule has 0 saturated carbocycles. The van der Waals surface area contributed by atoms with Crippen molar-refractivity contribution < 1.29 is 9.53 Å². The van der Waals surface area contributed by atoms with Crippen LogP contribution >= 0.6 is 45.9 Å². The molecular formula is C15H8Cl2N2O2S2. The Morgan fingerprint density at radius 2 is 2.09 bits per heavy atom. The van der Waals surface area contributed by atoms with Crippen molar-refractivity contribution in [1.29, 1.82) is 0 Å². The van der Waals surface area contributed by atoms with Crippen molar-refractivity contribution in [2.24, 2.45) is 0 Å². The van der Waals surface area contributed by atoms with Crippen molar-refractivity contribution in [3.8, 4) is 17.0 Å². The normalized spacial score (nSPS) is 12.3. The van der Waals surface area contributed by atoms with Crippen LogP contribution in [-0.2, 0) is 6.61 Å². The Hall–Kier alpha value is -1.60. The number of nitrogens with zero attached hydrogens (tertiary/aromatic N) is 1. The first-order valence-electron chi connectivity index (χ1n) is 6.60. The van der Waals surface area contributed by atoms with Crippen LogP contribution < -0.4 is 10.1 Å². The Kier molecular flexibility index (Phi) is 3.77. The summed E-state index contributed by atoms with van der Waals surface area (Å²) >= 11 is 14.4. The smallest absolute Gasteiger partial charge is 0.259 e. The number of fused-ring (bicyclic) bond motifs is 3. The van der Waals surface area contributed by atoms with Crippen LogP contribution in [0.1, 0.15) is 15.2 Å². The number of thiophene rings is 1. The lowest BCUT2D eigenvalue weighted by Crippen LogP contribution is -2.11. The Morgan fingerprint density at radius 1 is 1.26 bits per heavy atom. The molecule has 0 bridgehead atoms. The number of thiazole rings is 1. The molecule has 1 aliphatic rings. The first-order chi connectivity index (χ1) is 11.1. The lowest BCUT2D eigenvalue weighted by molar-refractivity contribution is 0.102. The third-order valence-electron chi connectivity index (χ3n) is 3.32. The summed E-state index contributed by atoms with van der Waals surface area (Å²) in [6.07, 6.45) is 0. The molecule has 3 heterocycles. The summed E-state index contributed by atoms with van der Waals surface area (Å²) in [4.78, 5) is 17.8. The predicted molar refractivity (Wildman–Crippen MR) is 94.2 cm³/mol. The SMILES string of the molecule is O=C(Nc1nc2c(s1)COc1ccccc1-2)c1cc(Cl)sc1Cl. The number of nitrogens with one attached hydrogen (secondary N) is 1. The number of ether oxygens (including phenoxy) is 1. The molecule has 1 amide bonds. The summed E-state index contributed by atoms with van der Waals surface area (Å²) in [5.41, 5.74) is 2.13. The zero-order valence-corrected chi connectivity index (χ0v) is 14.6. The van der Waals surface area contributed by atoms with Gasteiger partial charge < -0.3 is 4.74 Å². The molecule has 4 nitrogen and oxygen atoms in total. The monoisotopic (exact) mass is 382 g/mol. The molecule has 4 rings (SSSR count). The molecule has 3 aromatic rings. The number of anilines is 1. The van der Waals surface area contributed by atoms with Gasteiger partial charge in [0, 0.05) is 5.56 Å². The molecule has 1 aliphatic heterocycles.